The van der Waals surface area contributed by atoms with E-state index in [0.717, 1.165) is 57.8 Å². The Morgan fingerprint density at radius 3 is 2.26 bits per heavy atom. The average Bonchev–Trinajstić information content (AvgIpc) is 3.46. The summed E-state index contributed by atoms with van der Waals surface area (Å²) in [5, 5.41) is 9.15. The number of amides is 3. The van der Waals surface area contributed by atoms with E-state index in [1.807, 2.05) is 14.7 Å². The van der Waals surface area contributed by atoms with Crippen LogP contribution in [0, 0.1) is 11.8 Å². The Bertz CT molecular complexity index is 882. The topological polar surface area (TPSA) is 81.2 Å². The molecule has 7 nitrogen and oxygen atoms in total. The number of aliphatic hydroxyl groups is 1. The lowest BCUT2D eigenvalue weighted by Gasteiger charge is -2.38. The normalized spacial score (nSPS) is 29.4. The molecule has 214 valence electrons. The molecule has 0 aliphatic carbocycles. The van der Waals surface area contributed by atoms with E-state index in [1.165, 1.54) is 0 Å². The Morgan fingerprint density at radius 1 is 1.00 bits per heavy atom. The Labute approximate surface area is 234 Å². The van der Waals surface area contributed by atoms with Gasteiger partial charge in [-0.25, -0.2) is 0 Å². The molecule has 0 radical (unpaired) electrons. The molecule has 2 unspecified atom stereocenters. The smallest absolute Gasteiger partial charge is 0.247 e. The minimum Gasteiger partial charge on any atom is -0.396 e. The van der Waals surface area contributed by atoms with E-state index < -0.39 is 22.6 Å². The van der Waals surface area contributed by atoms with Crippen LogP contribution < -0.4 is 0 Å². The zero-order valence-corrected chi connectivity index (χ0v) is 24.6. The van der Waals surface area contributed by atoms with E-state index in [9.17, 15) is 14.4 Å². The van der Waals surface area contributed by atoms with Crippen molar-refractivity contribution in [1.82, 2.24) is 14.7 Å². The number of carbonyl (C=O) groups excluding carboxylic acids is 3. The molecule has 0 saturated carbocycles. The monoisotopic (exact) mass is 547 g/mol. The van der Waals surface area contributed by atoms with Crippen molar-refractivity contribution >= 4 is 29.5 Å². The highest BCUT2D eigenvalue weighted by atomic mass is 32.2. The Morgan fingerprint density at radius 2 is 1.66 bits per heavy atom. The van der Waals surface area contributed by atoms with Crippen LogP contribution in [-0.2, 0) is 14.4 Å². The van der Waals surface area contributed by atoms with Crippen molar-refractivity contribution in [3.05, 3.63) is 25.3 Å². The number of fused-ring (bicyclic) bond motifs is 1. The summed E-state index contributed by atoms with van der Waals surface area (Å²) in [4.78, 5) is 48.2. The number of thioether (sulfide) groups is 1. The van der Waals surface area contributed by atoms with Crippen molar-refractivity contribution in [2.75, 3.05) is 39.3 Å². The Balaban J connectivity index is 2.00. The van der Waals surface area contributed by atoms with E-state index >= 15 is 0 Å². The second-order valence-corrected chi connectivity index (χ2v) is 13.3. The van der Waals surface area contributed by atoms with E-state index in [2.05, 4.69) is 33.9 Å². The minimum atomic E-state index is -0.577. The third-order valence-electron chi connectivity index (χ3n) is 8.68. The van der Waals surface area contributed by atoms with Gasteiger partial charge in [-0.3, -0.25) is 14.4 Å². The number of aliphatic hydroxyl groups excluding tert-OH is 1. The Kier molecular flexibility index (Phi) is 10.9. The summed E-state index contributed by atoms with van der Waals surface area (Å²) in [6.07, 6.45) is 11.2. The van der Waals surface area contributed by atoms with Crippen LogP contribution in [0.25, 0.3) is 0 Å². The molecule has 1 N–H and O–H groups in total. The number of likely N-dealkylation sites (tertiary alicyclic amines) is 1. The molecule has 0 aromatic carbocycles. The van der Waals surface area contributed by atoms with Gasteiger partial charge in [0.25, 0.3) is 0 Å². The summed E-state index contributed by atoms with van der Waals surface area (Å²) in [7, 11) is 0. The molecule has 3 saturated heterocycles. The summed E-state index contributed by atoms with van der Waals surface area (Å²) in [5.74, 6) is -0.897. The number of carbonyl (C=O) groups is 3. The molecule has 1 spiro atoms. The van der Waals surface area contributed by atoms with E-state index in [1.54, 1.807) is 23.9 Å². The van der Waals surface area contributed by atoms with E-state index in [4.69, 9.17) is 5.11 Å². The summed E-state index contributed by atoms with van der Waals surface area (Å²) in [6, 6.07) is -0.557. The van der Waals surface area contributed by atoms with Crippen LogP contribution in [0.3, 0.4) is 0 Å². The van der Waals surface area contributed by atoms with E-state index in [-0.39, 0.29) is 29.1 Å². The molecular formula is C30H49N3O4S. The lowest BCUT2D eigenvalue weighted by Crippen LogP contribution is -2.55. The third kappa shape index (κ3) is 5.72. The fourth-order valence-electron chi connectivity index (χ4n) is 6.95. The van der Waals surface area contributed by atoms with Gasteiger partial charge in [-0.05, 0) is 45.4 Å². The first-order valence-electron chi connectivity index (χ1n) is 14.7. The van der Waals surface area contributed by atoms with Crippen molar-refractivity contribution in [1.29, 1.82) is 0 Å². The van der Waals surface area contributed by atoms with Crippen LogP contribution in [0.1, 0.15) is 78.6 Å². The largest absolute Gasteiger partial charge is 0.396 e. The molecule has 3 amide bonds. The number of hydrogen-bond donors (Lipinski definition) is 1. The highest BCUT2D eigenvalue weighted by molar-refractivity contribution is 8.02. The van der Waals surface area contributed by atoms with Crippen molar-refractivity contribution in [2.24, 2.45) is 11.8 Å². The zero-order valence-electron chi connectivity index (χ0n) is 23.8. The third-order valence-corrected chi connectivity index (χ3v) is 10.7. The number of rotatable bonds is 17. The second kappa shape index (κ2) is 13.5. The van der Waals surface area contributed by atoms with Gasteiger partial charge in [-0.1, -0.05) is 45.3 Å². The van der Waals surface area contributed by atoms with Crippen LogP contribution >= 0.6 is 11.8 Å². The molecule has 3 rings (SSSR count). The molecule has 3 fully saturated rings. The maximum atomic E-state index is 14.3. The summed E-state index contributed by atoms with van der Waals surface area (Å²) < 4.78 is -0.935. The van der Waals surface area contributed by atoms with Gasteiger partial charge in [0, 0.05) is 44.1 Å². The first-order valence-corrected chi connectivity index (χ1v) is 15.5. The predicted octanol–water partition coefficient (Wildman–Crippen LogP) is 4.26. The first kappa shape index (κ1) is 30.7. The molecular weight excluding hydrogens is 498 g/mol. The summed E-state index contributed by atoms with van der Waals surface area (Å²) in [5.41, 5.74) is 0. The van der Waals surface area contributed by atoms with Gasteiger partial charge < -0.3 is 19.8 Å². The van der Waals surface area contributed by atoms with Crippen molar-refractivity contribution < 1.29 is 19.5 Å². The van der Waals surface area contributed by atoms with Gasteiger partial charge in [-0.15, -0.1) is 24.9 Å². The van der Waals surface area contributed by atoms with Crippen molar-refractivity contribution in [2.45, 2.75) is 94.1 Å². The maximum absolute atomic E-state index is 14.3. The van der Waals surface area contributed by atoms with Gasteiger partial charge in [0.2, 0.25) is 17.7 Å². The fourth-order valence-corrected chi connectivity index (χ4v) is 9.30. The maximum Gasteiger partial charge on any atom is 0.247 e. The van der Waals surface area contributed by atoms with Crippen LogP contribution in [0.2, 0.25) is 0 Å². The second-order valence-electron chi connectivity index (χ2n) is 11.4. The molecule has 3 heterocycles. The quantitative estimate of drug-likeness (QED) is 0.217. The standard InChI is InChI=1S/C30H49N3O4S/c1-6-10-20-32(19-9-4)28(37)25-30-16-15-29(5,38-30)23(26(35)31(17-7-2)18-8-3)24(30)27(36)33(25)21-13-11-12-14-22-34/h7,9,23-25,34H,2,4,6,8,10-22H2,1,3,5H3/t23-,24-,25?,29+,30?/m0/s1. The highest BCUT2D eigenvalue weighted by Gasteiger charge is 2.77. The number of unbranched alkanes of at least 4 members (excludes halogenated alkanes) is 4. The highest BCUT2D eigenvalue weighted by Crippen LogP contribution is 2.71. The molecule has 3 aliphatic rings. The molecule has 0 aromatic heterocycles. The van der Waals surface area contributed by atoms with Gasteiger partial charge in [0.05, 0.1) is 16.6 Å². The number of nitrogens with zero attached hydrogens (tertiary/aromatic N) is 3. The van der Waals surface area contributed by atoms with Gasteiger partial charge >= 0.3 is 0 Å². The predicted molar refractivity (Wildman–Crippen MR) is 155 cm³/mol. The lowest BCUT2D eigenvalue weighted by molar-refractivity contribution is -0.145. The molecule has 3 aliphatic heterocycles. The van der Waals surface area contributed by atoms with Gasteiger partial charge in [0.1, 0.15) is 6.04 Å². The fraction of sp³-hybridized carbons (Fsp3) is 0.767. The molecule has 8 heteroatoms. The molecule has 5 atom stereocenters. The summed E-state index contributed by atoms with van der Waals surface area (Å²) >= 11 is 1.75. The van der Waals surface area contributed by atoms with Crippen molar-refractivity contribution in [3.8, 4) is 0 Å². The number of hydrogen-bond acceptors (Lipinski definition) is 5. The van der Waals surface area contributed by atoms with Crippen LogP contribution in [-0.4, -0.2) is 92.4 Å². The van der Waals surface area contributed by atoms with E-state index in [0.29, 0.717) is 32.7 Å². The van der Waals surface area contributed by atoms with Crippen molar-refractivity contribution in [3.63, 3.8) is 0 Å². The first-order chi connectivity index (χ1) is 18.3. The van der Waals surface area contributed by atoms with Gasteiger partial charge in [-0.2, -0.15) is 0 Å². The average molecular weight is 548 g/mol. The lowest BCUT2D eigenvalue weighted by atomic mass is 9.66. The molecule has 2 bridgehead atoms. The summed E-state index contributed by atoms with van der Waals surface area (Å²) in [6.45, 7) is 16.9. The minimum absolute atomic E-state index is 0.00548. The molecule has 0 aromatic rings. The molecule has 38 heavy (non-hydrogen) atoms. The Hall–Kier alpha value is -1.80. The zero-order chi connectivity index (χ0) is 27.9. The van der Waals surface area contributed by atoms with Crippen LogP contribution in [0.5, 0.6) is 0 Å². The van der Waals surface area contributed by atoms with Gasteiger partial charge in [0.15, 0.2) is 0 Å². The van der Waals surface area contributed by atoms with Crippen LogP contribution in [0.4, 0.5) is 0 Å². The van der Waals surface area contributed by atoms with Crippen LogP contribution in [0.15, 0.2) is 25.3 Å². The SMILES string of the molecule is C=CCN(CCCC)C(=O)C1N(CCCCCCO)C(=O)[C@@H]2[C@@H](C(=O)N(CC=C)CCC)[C@@]3(C)CCC12S3.